The molecular weight excluding hydrogens is 402 g/mol. The van der Waals surface area contributed by atoms with Gasteiger partial charge in [0.15, 0.2) is 5.13 Å². The number of halogens is 1. The summed E-state index contributed by atoms with van der Waals surface area (Å²) in [5.41, 5.74) is 1.03. The van der Waals surface area contributed by atoms with Gasteiger partial charge in [0.1, 0.15) is 4.90 Å². The molecular formula is C19H20ClN3O2S2. The van der Waals surface area contributed by atoms with Crippen molar-refractivity contribution in [1.29, 1.82) is 0 Å². The Morgan fingerprint density at radius 3 is 2.56 bits per heavy atom. The first-order valence-electron chi connectivity index (χ1n) is 8.88. The molecule has 0 spiro atoms. The third-order valence-corrected chi connectivity index (χ3v) is 7.88. The van der Waals surface area contributed by atoms with E-state index >= 15 is 0 Å². The minimum atomic E-state index is -3.58. The normalized spacial score (nSPS) is 16.1. The van der Waals surface area contributed by atoms with Crippen LogP contribution in [-0.4, -0.2) is 33.0 Å². The highest BCUT2D eigenvalue weighted by Crippen LogP contribution is 2.31. The second-order valence-electron chi connectivity index (χ2n) is 6.68. The van der Waals surface area contributed by atoms with Crippen molar-refractivity contribution < 1.29 is 8.42 Å². The van der Waals surface area contributed by atoms with Crippen LogP contribution in [0.15, 0.2) is 53.4 Å². The summed E-state index contributed by atoms with van der Waals surface area (Å²) in [6.45, 7) is 2.21. The summed E-state index contributed by atoms with van der Waals surface area (Å²) in [7, 11) is -3.58. The maximum atomic E-state index is 12.5. The molecule has 1 aromatic heterocycles. The predicted octanol–water partition coefficient (Wildman–Crippen LogP) is 4.14. The molecule has 142 valence electrons. The van der Waals surface area contributed by atoms with Gasteiger partial charge in [-0.2, -0.15) is 0 Å². The van der Waals surface area contributed by atoms with E-state index in [1.54, 1.807) is 29.5 Å². The minimum Gasteiger partial charge on any atom is -0.348 e. The largest absolute Gasteiger partial charge is 0.348 e. The van der Waals surface area contributed by atoms with Crippen LogP contribution in [0, 0.1) is 5.92 Å². The fourth-order valence-corrected chi connectivity index (χ4v) is 5.94. The van der Waals surface area contributed by atoms with Crippen molar-refractivity contribution in [2.45, 2.75) is 17.7 Å². The van der Waals surface area contributed by atoms with E-state index in [0.29, 0.717) is 12.5 Å². The zero-order valence-electron chi connectivity index (χ0n) is 14.6. The monoisotopic (exact) mass is 421 g/mol. The Kier molecular flexibility index (Phi) is 5.36. The molecule has 8 heteroatoms. The number of sulfonamides is 1. The number of para-hydroxylation sites is 1. The van der Waals surface area contributed by atoms with E-state index in [0.717, 1.165) is 36.6 Å². The Labute approximate surface area is 168 Å². The van der Waals surface area contributed by atoms with Gasteiger partial charge in [0.05, 0.1) is 15.2 Å². The van der Waals surface area contributed by atoms with Crippen LogP contribution < -0.4 is 9.62 Å². The Morgan fingerprint density at radius 2 is 1.81 bits per heavy atom. The molecule has 0 unspecified atom stereocenters. The molecule has 2 aromatic carbocycles. The van der Waals surface area contributed by atoms with Crippen molar-refractivity contribution in [3.05, 3.63) is 53.6 Å². The van der Waals surface area contributed by atoms with Gasteiger partial charge in [0, 0.05) is 19.6 Å². The summed E-state index contributed by atoms with van der Waals surface area (Å²) in [6, 6.07) is 14.7. The molecule has 3 aromatic rings. The van der Waals surface area contributed by atoms with Crippen molar-refractivity contribution in [2.75, 3.05) is 24.5 Å². The summed E-state index contributed by atoms with van der Waals surface area (Å²) in [6.07, 6.45) is 1.86. The van der Waals surface area contributed by atoms with Gasteiger partial charge in [0.25, 0.3) is 0 Å². The molecule has 1 aliphatic rings. The summed E-state index contributed by atoms with van der Waals surface area (Å²) in [5.74, 6) is 0.313. The fraction of sp³-hybridized carbons (Fsp3) is 0.316. The number of aromatic nitrogens is 1. The van der Waals surface area contributed by atoms with Gasteiger partial charge in [0.2, 0.25) is 10.0 Å². The second kappa shape index (κ2) is 7.75. The highest BCUT2D eigenvalue weighted by molar-refractivity contribution is 7.89. The summed E-state index contributed by atoms with van der Waals surface area (Å²) in [4.78, 5) is 7.15. The van der Waals surface area contributed by atoms with E-state index in [1.165, 1.54) is 10.8 Å². The van der Waals surface area contributed by atoms with Crippen LogP contribution in [0.4, 0.5) is 5.13 Å². The first-order chi connectivity index (χ1) is 13.0. The quantitative estimate of drug-likeness (QED) is 0.672. The molecule has 1 saturated heterocycles. The number of hydrogen-bond acceptors (Lipinski definition) is 5. The van der Waals surface area contributed by atoms with E-state index in [-0.39, 0.29) is 9.92 Å². The third kappa shape index (κ3) is 4.11. The van der Waals surface area contributed by atoms with Crippen LogP contribution >= 0.6 is 22.9 Å². The molecule has 1 aliphatic heterocycles. The van der Waals surface area contributed by atoms with Crippen molar-refractivity contribution in [3.8, 4) is 0 Å². The first-order valence-corrected chi connectivity index (χ1v) is 11.6. The number of piperidine rings is 1. The van der Waals surface area contributed by atoms with Crippen LogP contribution in [-0.2, 0) is 10.0 Å². The molecule has 1 fully saturated rings. The van der Waals surface area contributed by atoms with Crippen molar-refractivity contribution >= 4 is 48.3 Å². The summed E-state index contributed by atoms with van der Waals surface area (Å²) >= 11 is 7.73. The SMILES string of the molecule is O=S(=O)(NCC1CCN(c2nc3ccccc3s2)CC1)c1ccccc1Cl. The fourth-order valence-electron chi connectivity index (χ4n) is 3.29. The molecule has 5 nitrogen and oxygen atoms in total. The highest BCUT2D eigenvalue weighted by atomic mass is 35.5. The van der Waals surface area contributed by atoms with E-state index < -0.39 is 10.0 Å². The highest BCUT2D eigenvalue weighted by Gasteiger charge is 2.24. The number of rotatable bonds is 5. The number of nitrogens with one attached hydrogen (secondary N) is 1. The zero-order chi connectivity index (χ0) is 18.9. The zero-order valence-corrected chi connectivity index (χ0v) is 17.0. The number of benzene rings is 2. The smallest absolute Gasteiger partial charge is 0.242 e. The number of anilines is 1. The Morgan fingerprint density at radius 1 is 1.11 bits per heavy atom. The molecule has 4 rings (SSSR count). The lowest BCUT2D eigenvalue weighted by Gasteiger charge is -2.31. The molecule has 0 saturated carbocycles. The topological polar surface area (TPSA) is 62.3 Å². The molecule has 0 amide bonds. The molecule has 0 atom stereocenters. The van der Waals surface area contributed by atoms with Crippen LogP contribution in [0.3, 0.4) is 0 Å². The Balaban J connectivity index is 1.35. The van der Waals surface area contributed by atoms with Gasteiger partial charge in [-0.1, -0.05) is 47.2 Å². The summed E-state index contributed by atoms with van der Waals surface area (Å²) < 4.78 is 28.8. The van der Waals surface area contributed by atoms with Gasteiger partial charge in [-0.05, 0) is 43.0 Å². The van der Waals surface area contributed by atoms with Crippen LogP contribution in [0.5, 0.6) is 0 Å². The van der Waals surface area contributed by atoms with Crippen LogP contribution in [0.25, 0.3) is 10.2 Å². The maximum Gasteiger partial charge on any atom is 0.242 e. The van der Waals surface area contributed by atoms with E-state index in [2.05, 4.69) is 15.7 Å². The lowest BCUT2D eigenvalue weighted by Crippen LogP contribution is -2.38. The molecule has 0 bridgehead atoms. The van der Waals surface area contributed by atoms with Gasteiger partial charge < -0.3 is 4.90 Å². The third-order valence-electron chi connectivity index (χ3n) is 4.86. The average Bonchev–Trinajstić information content (AvgIpc) is 3.11. The van der Waals surface area contributed by atoms with Gasteiger partial charge in [-0.25, -0.2) is 18.1 Å². The van der Waals surface area contributed by atoms with E-state index in [1.807, 2.05) is 18.2 Å². The number of hydrogen-bond donors (Lipinski definition) is 1. The maximum absolute atomic E-state index is 12.5. The average molecular weight is 422 g/mol. The molecule has 1 N–H and O–H groups in total. The number of fused-ring (bicyclic) bond motifs is 1. The predicted molar refractivity (Wildman–Crippen MR) is 111 cm³/mol. The molecule has 2 heterocycles. The van der Waals surface area contributed by atoms with Crippen molar-refractivity contribution in [1.82, 2.24) is 9.71 Å². The lowest BCUT2D eigenvalue weighted by atomic mass is 9.97. The Bertz CT molecular complexity index is 1010. The van der Waals surface area contributed by atoms with Crippen LogP contribution in [0.1, 0.15) is 12.8 Å². The Hall–Kier alpha value is -1.67. The first kappa shape index (κ1) is 18.7. The van der Waals surface area contributed by atoms with Crippen LogP contribution in [0.2, 0.25) is 5.02 Å². The van der Waals surface area contributed by atoms with E-state index in [9.17, 15) is 8.42 Å². The molecule has 27 heavy (non-hydrogen) atoms. The standard InChI is InChI=1S/C19H20ClN3O2S2/c20-15-5-1-4-8-18(15)27(24,25)21-13-14-9-11-23(12-10-14)19-22-16-6-2-3-7-17(16)26-19/h1-8,14,21H,9-13H2. The lowest BCUT2D eigenvalue weighted by molar-refractivity contribution is 0.402. The van der Waals surface area contributed by atoms with Crippen molar-refractivity contribution in [3.63, 3.8) is 0 Å². The number of nitrogens with zero attached hydrogens (tertiary/aromatic N) is 2. The van der Waals surface area contributed by atoms with Gasteiger partial charge in [-0.3, -0.25) is 0 Å². The molecule has 0 aliphatic carbocycles. The summed E-state index contributed by atoms with van der Waals surface area (Å²) in [5, 5.41) is 1.29. The van der Waals surface area contributed by atoms with E-state index in [4.69, 9.17) is 16.6 Å². The van der Waals surface area contributed by atoms with Crippen molar-refractivity contribution in [2.24, 2.45) is 5.92 Å². The number of thiazole rings is 1. The molecule has 0 radical (unpaired) electrons. The minimum absolute atomic E-state index is 0.138. The van der Waals surface area contributed by atoms with Gasteiger partial charge in [-0.15, -0.1) is 0 Å². The van der Waals surface area contributed by atoms with Gasteiger partial charge >= 0.3 is 0 Å². The second-order valence-corrected chi connectivity index (χ2v) is 9.83.